The number of ether oxygens (including phenoxy) is 5. The average Bonchev–Trinajstić information content (AvgIpc) is 3.91. The Morgan fingerprint density at radius 2 is 1.86 bits per heavy atom. The van der Waals surface area contributed by atoms with Gasteiger partial charge in [0.05, 0.1) is 43.1 Å². The molecule has 2 aliphatic heterocycles. The summed E-state index contributed by atoms with van der Waals surface area (Å²) in [5, 5.41) is 14.7. The van der Waals surface area contributed by atoms with Gasteiger partial charge >= 0.3 is 12.1 Å². The Bertz CT molecular complexity index is 1920. The largest absolute Gasteiger partial charge is 0.512 e. The van der Waals surface area contributed by atoms with Gasteiger partial charge in [0.15, 0.2) is 11.9 Å². The van der Waals surface area contributed by atoms with Crippen LogP contribution in [0.2, 0.25) is 0 Å². The minimum atomic E-state index is -1.90. The van der Waals surface area contributed by atoms with Gasteiger partial charge in [0.2, 0.25) is 12.7 Å². The van der Waals surface area contributed by atoms with Gasteiger partial charge in [-0.25, -0.2) is 27.6 Å². The summed E-state index contributed by atoms with van der Waals surface area (Å²) in [7, 11) is 0. The molecule has 3 aromatic rings. The number of carbonyl (C=O) groups is 3. The molecule has 0 saturated carbocycles. The minimum absolute atomic E-state index is 0.118. The number of nitrogens with one attached hydrogen (secondary N) is 1. The molecule has 2 aliphatic rings. The molecule has 57 heavy (non-hydrogen) atoms. The number of allylic oxidation sites excluding steroid dienone is 2. The van der Waals surface area contributed by atoms with Gasteiger partial charge in [-0.05, 0) is 63.2 Å². The Labute approximate surface area is 331 Å². The Hall–Kier alpha value is -5.22. The summed E-state index contributed by atoms with van der Waals surface area (Å²) in [4.78, 5) is 43.9. The molecule has 1 amide bonds. The maximum absolute atomic E-state index is 15.7. The third kappa shape index (κ3) is 12.9. The monoisotopic (exact) mass is 812 g/mol. The molecule has 5 rings (SSSR count). The maximum Gasteiger partial charge on any atom is 0.512 e. The molecule has 0 bridgehead atoms. The zero-order valence-corrected chi connectivity index (χ0v) is 32.0. The van der Waals surface area contributed by atoms with Crippen LogP contribution >= 0.6 is 11.8 Å². The third-order valence-electron chi connectivity index (χ3n) is 9.15. The second kappa shape index (κ2) is 21.3. The minimum Gasteiger partial charge on any atom is -0.428 e. The van der Waals surface area contributed by atoms with Gasteiger partial charge in [0.25, 0.3) is 0 Å². The van der Waals surface area contributed by atoms with E-state index in [-0.39, 0.29) is 54.9 Å². The summed E-state index contributed by atoms with van der Waals surface area (Å²) in [5.74, 6) is -3.50. The maximum atomic E-state index is 15.7. The molecule has 1 aromatic heterocycles. The highest BCUT2D eigenvalue weighted by molar-refractivity contribution is 8.00. The van der Waals surface area contributed by atoms with Crippen molar-refractivity contribution in [2.75, 3.05) is 46.2 Å². The van der Waals surface area contributed by atoms with Gasteiger partial charge in [-0.1, -0.05) is 24.3 Å². The van der Waals surface area contributed by atoms with E-state index in [9.17, 15) is 23.2 Å². The molecule has 2 atom stereocenters. The van der Waals surface area contributed by atoms with E-state index in [0.29, 0.717) is 18.2 Å². The molecule has 2 fully saturated rings. The number of carbonyl (C=O) groups excluding carboxylic acids is 3. The fourth-order valence-corrected chi connectivity index (χ4v) is 7.54. The van der Waals surface area contributed by atoms with Crippen LogP contribution in [-0.2, 0) is 45.4 Å². The summed E-state index contributed by atoms with van der Waals surface area (Å²) in [6.07, 6.45) is 8.81. The summed E-state index contributed by atoms with van der Waals surface area (Å²) < 4.78 is 73.0. The van der Waals surface area contributed by atoms with Crippen molar-refractivity contribution in [1.82, 2.24) is 25.0 Å². The van der Waals surface area contributed by atoms with Crippen LogP contribution in [0.4, 0.5) is 18.0 Å². The van der Waals surface area contributed by atoms with Crippen molar-refractivity contribution in [3.63, 3.8) is 0 Å². The van der Waals surface area contributed by atoms with Gasteiger partial charge < -0.3 is 33.9 Å². The van der Waals surface area contributed by atoms with E-state index in [2.05, 4.69) is 20.3 Å². The van der Waals surface area contributed by atoms with E-state index in [0.717, 1.165) is 50.7 Å². The predicted molar refractivity (Wildman–Crippen MR) is 200 cm³/mol. The molecule has 1 N–H and O–H groups in total. The lowest BCUT2D eigenvalue weighted by Crippen LogP contribution is -2.47. The SMILES string of the molecule is CC(SC1COC(C=CC=Cc2ccc(C#N)cc2F)OC1)C(Cn1cncn1)(OC(=O)OCOC(=O)CCC(=O)NCCN1CCCC1)c1ccc(F)cc1F. The number of hydrogen-bond acceptors (Lipinski definition) is 13. The van der Waals surface area contributed by atoms with Crippen LogP contribution < -0.4 is 5.32 Å². The lowest BCUT2D eigenvalue weighted by atomic mass is 9.89. The van der Waals surface area contributed by atoms with E-state index in [1.54, 1.807) is 25.2 Å². The highest BCUT2D eigenvalue weighted by Gasteiger charge is 2.47. The van der Waals surface area contributed by atoms with Crippen LogP contribution in [-0.4, -0.2) is 101 Å². The second-order valence-corrected chi connectivity index (χ2v) is 14.8. The zero-order chi connectivity index (χ0) is 40.6. The molecular formula is C39H43F3N6O8S. The number of amides is 1. The second-order valence-electron chi connectivity index (χ2n) is 13.2. The molecule has 2 unspecified atom stereocenters. The topological polar surface area (TPSA) is 167 Å². The summed E-state index contributed by atoms with van der Waals surface area (Å²) in [6.45, 7) is 4.08. The van der Waals surface area contributed by atoms with Crippen LogP contribution in [0.15, 0.2) is 67.3 Å². The smallest absolute Gasteiger partial charge is 0.428 e. The number of rotatable bonds is 18. The number of hydrogen-bond donors (Lipinski definition) is 1. The molecule has 18 heteroatoms. The average molecular weight is 813 g/mol. The normalized spacial score (nSPS) is 18.9. The highest BCUT2D eigenvalue weighted by Crippen LogP contribution is 2.42. The molecule has 304 valence electrons. The Balaban J connectivity index is 1.19. The van der Waals surface area contributed by atoms with Gasteiger partial charge in [-0.2, -0.15) is 10.4 Å². The summed E-state index contributed by atoms with van der Waals surface area (Å²) in [6, 6.07) is 8.89. The van der Waals surface area contributed by atoms with Crippen LogP contribution in [0.1, 0.15) is 49.3 Å². The molecule has 2 saturated heterocycles. The first-order valence-electron chi connectivity index (χ1n) is 18.3. The summed E-state index contributed by atoms with van der Waals surface area (Å²) in [5.41, 5.74) is -1.57. The fraction of sp³-hybridized carbons (Fsp3) is 0.436. The van der Waals surface area contributed by atoms with Crippen molar-refractivity contribution in [2.24, 2.45) is 0 Å². The highest BCUT2D eigenvalue weighted by atomic mass is 32.2. The van der Waals surface area contributed by atoms with Crippen molar-refractivity contribution < 1.29 is 51.2 Å². The Morgan fingerprint density at radius 3 is 2.56 bits per heavy atom. The van der Waals surface area contributed by atoms with E-state index < -0.39 is 53.5 Å². The standard InChI is InChI=1S/C39H43F3N6O8S/c1-27(57-31-21-52-37(53-22-31)7-3-2-6-29-9-8-28(20-43)18-33(29)41)39(23-48-25-44-24-46-48,32-11-10-30(40)19-34(32)42)56-38(51)55-26-54-36(50)13-12-35(49)45-14-17-47-15-4-5-16-47/h2-3,6-11,18-19,24-25,27,31,37H,4-5,12-17,21-23,26H2,1H3,(H,45,49). The number of benzene rings is 2. The van der Waals surface area contributed by atoms with E-state index in [4.69, 9.17) is 28.9 Å². The van der Waals surface area contributed by atoms with Crippen LogP contribution in [0.5, 0.6) is 0 Å². The number of thioether (sulfide) groups is 1. The number of nitriles is 1. The van der Waals surface area contributed by atoms with E-state index >= 15 is 4.39 Å². The lowest BCUT2D eigenvalue weighted by molar-refractivity contribution is -0.156. The van der Waals surface area contributed by atoms with Crippen LogP contribution in [0, 0.1) is 28.8 Å². The van der Waals surface area contributed by atoms with Gasteiger partial charge in [-0.3, -0.25) is 9.59 Å². The van der Waals surface area contributed by atoms with Gasteiger partial charge in [0.1, 0.15) is 30.1 Å². The number of likely N-dealkylation sites (tertiary alicyclic amines) is 1. The van der Waals surface area contributed by atoms with E-state index in [1.807, 2.05) is 6.07 Å². The van der Waals surface area contributed by atoms with Crippen molar-refractivity contribution in [3.05, 3.63) is 101 Å². The third-order valence-corrected chi connectivity index (χ3v) is 10.6. The van der Waals surface area contributed by atoms with Gasteiger partial charge in [-0.15, -0.1) is 11.8 Å². The van der Waals surface area contributed by atoms with Crippen molar-refractivity contribution in [2.45, 2.75) is 61.5 Å². The zero-order valence-electron chi connectivity index (χ0n) is 31.2. The van der Waals surface area contributed by atoms with Crippen molar-refractivity contribution >= 4 is 35.9 Å². The van der Waals surface area contributed by atoms with Gasteiger partial charge in [0, 0.05) is 42.0 Å². The van der Waals surface area contributed by atoms with Crippen molar-refractivity contribution in [3.8, 4) is 6.07 Å². The Kier molecular flexibility index (Phi) is 16.1. The quantitative estimate of drug-likeness (QED) is 0.101. The molecule has 0 spiro atoms. The first-order chi connectivity index (χ1) is 27.5. The van der Waals surface area contributed by atoms with Crippen LogP contribution in [0.25, 0.3) is 6.08 Å². The first kappa shape index (κ1) is 42.9. The number of esters is 1. The number of halogens is 3. The van der Waals surface area contributed by atoms with Crippen LogP contribution in [0.3, 0.4) is 0 Å². The molecule has 14 nitrogen and oxygen atoms in total. The molecule has 0 radical (unpaired) electrons. The summed E-state index contributed by atoms with van der Waals surface area (Å²) >= 11 is 1.25. The lowest BCUT2D eigenvalue weighted by Gasteiger charge is -2.40. The fourth-order valence-electron chi connectivity index (χ4n) is 6.18. The molecule has 3 heterocycles. The molecular weight excluding hydrogens is 770 g/mol. The first-order valence-corrected chi connectivity index (χ1v) is 19.2. The predicted octanol–water partition coefficient (Wildman–Crippen LogP) is 5.24. The van der Waals surface area contributed by atoms with Crippen molar-refractivity contribution in [1.29, 1.82) is 5.26 Å². The molecule has 2 aromatic carbocycles. The van der Waals surface area contributed by atoms with E-state index in [1.165, 1.54) is 47.3 Å². The molecule has 0 aliphatic carbocycles. The number of nitrogens with zero attached hydrogens (tertiary/aromatic N) is 5. The Morgan fingerprint density at radius 1 is 1.07 bits per heavy atom. The number of aromatic nitrogens is 3.